The van der Waals surface area contributed by atoms with Crippen LogP contribution in [0.3, 0.4) is 0 Å². The van der Waals surface area contributed by atoms with Crippen molar-refractivity contribution in [3.05, 3.63) is 64.7 Å². The van der Waals surface area contributed by atoms with Gasteiger partial charge in [-0.25, -0.2) is 4.98 Å². The topological polar surface area (TPSA) is 67.2 Å². The maximum Gasteiger partial charge on any atom is 0.261 e. The summed E-state index contributed by atoms with van der Waals surface area (Å²) in [5.41, 5.74) is 3.32. The molecule has 1 N–H and O–H groups in total. The second kappa shape index (κ2) is 7.23. The van der Waals surface area contributed by atoms with Crippen molar-refractivity contribution < 1.29 is 4.79 Å². The average Bonchev–Trinajstić information content (AvgIpc) is 3.20. The Kier molecular flexibility index (Phi) is 4.62. The van der Waals surface area contributed by atoms with Gasteiger partial charge in [0.15, 0.2) is 0 Å². The Balaban J connectivity index is 1.47. The van der Waals surface area contributed by atoms with E-state index in [1.807, 2.05) is 43.3 Å². The largest absolute Gasteiger partial charge is 0.372 e. The minimum atomic E-state index is -0.250. The summed E-state index contributed by atoms with van der Waals surface area (Å²) >= 11 is 0. The lowest BCUT2D eigenvalue weighted by Crippen LogP contribution is -2.28. The smallest absolute Gasteiger partial charge is 0.261 e. The van der Waals surface area contributed by atoms with Gasteiger partial charge in [-0.3, -0.25) is 14.2 Å². The third kappa shape index (κ3) is 3.56. The van der Waals surface area contributed by atoms with Crippen LogP contribution in [0.5, 0.6) is 0 Å². The highest BCUT2D eigenvalue weighted by molar-refractivity contribution is 5.91. The summed E-state index contributed by atoms with van der Waals surface area (Å²) in [6.07, 6.45) is 3.90. The Bertz CT molecular complexity index is 1030. The van der Waals surface area contributed by atoms with Crippen LogP contribution in [-0.4, -0.2) is 28.5 Å². The highest BCUT2D eigenvalue weighted by Crippen LogP contribution is 2.22. The van der Waals surface area contributed by atoms with Crippen molar-refractivity contribution in [1.82, 2.24) is 9.55 Å². The molecule has 1 fully saturated rings. The van der Waals surface area contributed by atoms with Gasteiger partial charge in [0.25, 0.3) is 5.56 Å². The zero-order valence-electron chi connectivity index (χ0n) is 15.3. The Morgan fingerprint density at radius 2 is 1.85 bits per heavy atom. The van der Waals surface area contributed by atoms with E-state index >= 15 is 0 Å². The summed E-state index contributed by atoms with van der Waals surface area (Å²) in [5, 5.41) is 3.38. The zero-order chi connectivity index (χ0) is 18.8. The molecule has 1 aromatic heterocycles. The molecule has 6 heteroatoms. The maximum absolute atomic E-state index is 12.6. The Hall–Kier alpha value is -3.15. The molecule has 3 aromatic rings. The van der Waals surface area contributed by atoms with Gasteiger partial charge < -0.3 is 10.2 Å². The van der Waals surface area contributed by atoms with Crippen LogP contribution >= 0.6 is 0 Å². The van der Waals surface area contributed by atoms with Gasteiger partial charge in [0.05, 0.1) is 17.2 Å². The molecule has 1 saturated heterocycles. The van der Waals surface area contributed by atoms with Gasteiger partial charge in [-0.2, -0.15) is 0 Å². The molecule has 0 aliphatic carbocycles. The van der Waals surface area contributed by atoms with Gasteiger partial charge in [0.1, 0.15) is 6.54 Å². The standard InChI is InChI=1S/C21H22N4O2/c1-15-5-4-6-18-20(15)22-14-25(21(18)27)13-19(26)23-16-7-9-17(10-8-16)24-11-2-3-12-24/h4-10,14H,2-3,11-13H2,1H3,(H,23,26). The van der Waals surface area contributed by atoms with E-state index in [0.717, 1.165) is 24.3 Å². The zero-order valence-corrected chi connectivity index (χ0v) is 15.3. The van der Waals surface area contributed by atoms with Crippen LogP contribution < -0.4 is 15.8 Å². The number of anilines is 2. The normalized spacial score (nSPS) is 13.9. The number of rotatable bonds is 4. The van der Waals surface area contributed by atoms with Crippen LogP contribution in [-0.2, 0) is 11.3 Å². The fourth-order valence-electron chi connectivity index (χ4n) is 3.54. The molecule has 0 radical (unpaired) electrons. The van der Waals surface area contributed by atoms with Gasteiger partial charge in [0.2, 0.25) is 5.91 Å². The predicted molar refractivity (Wildman–Crippen MR) is 107 cm³/mol. The first-order valence-electron chi connectivity index (χ1n) is 9.21. The number of carbonyl (C=O) groups is 1. The van der Waals surface area contributed by atoms with Crippen LogP contribution in [0, 0.1) is 6.92 Å². The first-order chi connectivity index (χ1) is 13.1. The maximum atomic E-state index is 12.6. The fourth-order valence-corrected chi connectivity index (χ4v) is 3.54. The molecule has 6 nitrogen and oxygen atoms in total. The Morgan fingerprint density at radius 1 is 1.11 bits per heavy atom. The van der Waals surface area contributed by atoms with E-state index in [1.54, 1.807) is 6.07 Å². The number of fused-ring (bicyclic) bond motifs is 1. The van der Waals surface area contributed by atoms with Crippen LogP contribution in [0.4, 0.5) is 11.4 Å². The SMILES string of the molecule is Cc1cccc2c(=O)n(CC(=O)Nc3ccc(N4CCCC4)cc3)cnc12. The lowest BCUT2D eigenvalue weighted by atomic mass is 10.1. The molecule has 138 valence electrons. The van der Waals surface area contributed by atoms with Crippen LogP contribution in [0.15, 0.2) is 53.6 Å². The van der Waals surface area contributed by atoms with Crippen molar-refractivity contribution in [1.29, 1.82) is 0 Å². The molecule has 1 aliphatic heterocycles. The number of carbonyl (C=O) groups excluding carboxylic acids is 1. The number of hydrogen-bond donors (Lipinski definition) is 1. The average molecular weight is 362 g/mol. The number of aromatic nitrogens is 2. The summed E-state index contributed by atoms with van der Waals surface area (Å²) in [7, 11) is 0. The van der Waals surface area contributed by atoms with Crippen molar-refractivity contribution in [2.75, 3.05) is 23.3 Å². The van der Waals surface area contributed by atoms with E-state index in [0.29, 0.717) is 10.9 Å². The van der Waals surface area contributed by atoms with Gasteiger partial charge in [-0.05, 0) is 55.7 Å². The number of nitrogens with zero attached hydrogens (tertiary/aromatic N) is 3. The number of para-hydroxylation sites is 1. The Morgan fingerprint density at radius 3 is 2.59 bits per heavy atom. The second-order valence-electron chi connectivity index (χ2n) is 6.94. The van der Waals surface area contributed by atoms with Gasteiger partial charge in [-0.1, -0.05) is 12.1 Å². The van der Waals surface area contributed by atoms with E-state index in [9.17, 15) is 9.59 Å². The quantitative estimate of drug-likeness (QED) is 0.775. The molecular formula is C21H22N4O2. The van der Waals surface area contributed by atoms with E-state index in [1.165, 1.54) is 29.4 Å². The first-order valence-corrected chi connectivity index (χ1v) is 9.21. The molecule has 2 heterocycles. The number of nitrogens with one attached hydrogen (secondary N) is 1. The lowest BCUT2D eigenvalue weighted by molar-refractivity contribution is -0.116. The summed E-state index contributed by atoms with van der Waals surface area (Å²) in [4.78, 5) is 31.6. The molecule has 1 amide bonds. The van der Waals surface area contributed by atoms with E-state index in [4.69, 9.17) is 0 Å². The molecule has 2 aromatic carbocycles. The summed E-state index contributed by atoms with van der Waals surface area (Å²) in [5.74, 6) is -0.250. The molecule has 0 atom stereocenters. The van der Waals surface area contributed by atoms with Crippen molar-refractivity contribution in [2.45, 2.75) is 26.3 Å². The van der Waals surface area contributed by atoms with Gasteiger partial charge >= 0.3 is 0 Å². The van der Waals surface area contributed by atoms with Crippen molar-refractivity contribution in [3.63, 3.8) is 0 Å². The fraction of sp³-hybridized carbons (Fsp3) is 0.286. The summed E-state index contributed by atoms with van der Waals surface area (Å²) in [6.45, 7) is 4.02. The Labute approximate surface area is 157 Å². The van der Waals surface area contributed by atoms with Crippen molar-refractivity contribution in [2.24, 2.45) is 0 Å². The molecule has 1 aliphatic rings. The van der Waals surface area contributed by atoms with Crippen LogP contribution in [0.2, 0.25) is 0 Å². The highest BCUT2D eigenvalue weighted by Gasteiger charge is 2.13. The van der Waals surface area contributed by atoms with Crippen molar-refractivity contribution >= 4 is 28.2 Å². The molecule has 0 spiro atoms. The molecule has 0 unspecified atom stereocenters. The summed E-state index contributed by atoms with van der Waals surface area (Å²) in [6, 6.07) is 13.3. The molecule has 0 bridgehead atoms. The van der Waals surface area contributed by atoms with E-state index in [-0.39, 0.29) is 18.0 Å². The van der Waals surface area contributed by atoms with Gasteiger partial charge in [-0.15, -0.1) is 0 Å². The van der Waals surface area contributed by atoms with Crippen LogP contribution in [0.25, 0.3) is 10.9 Å². The third-order valence-electron chi connectivity index (χ3n) is 4.99. The molecular weight excluding hydrogens is 340 g/mol. The monoisotopic (exact) mass is 362 g/mol. The van der Waals surface area contributed by atoms with E-state index < -0.39 is 0 Å². The minimum Gasteiger partial charge on any atom is -0.372 e. The number of amides is 1. The summed E-state index contributed by atoms with van der Waals surface area (Å²) < 4.78 is 1.34. The number of hydrogen-bond acceptors (Lipinski definition) is 4. The predicted octanol–water partition coefficient (Wildman–Crippen LogP) is 2.94. The molecule has 27 heavy (non-hydrogen) atoms. The molecule has 4 rings (SSSR count). The van der Waals surface area contributed by atoms with E-state index in [2.05, 4.69) is 15.2 Å². The molecule has 0 saturated carbocycles. The highest BCUT2D eigenvalue weighted by atomic mass is 16.2. The second-order valence-corrected chi connectivity index (χ2v) is 6.94. The van der Waals surface area contributed by atoms with Gasteiger partial charge in [0, 0.05) is 24.5 Å². The van der Waals surface area contributed by atoms with Crippen molar-refractivity contribution in [3.8, 4) is 0 Å². The number of benzene rings is 2. The minimum absolute atomic E-state index is 0.0659. The van der Waals surface area contributed by atoms with Crippen LogP contribution in [0.1, 0.15) is 18.4 Å². The first kappa shape index (κ1) is 17.3. The number of aryl methyl sites for hydroxylation is 1. The third-order valence-corrected chi connectivity index (χ3v) is 4.99. The lowest BCUT2D eigenvalue weighted by Gasteiger charge is -2.17.